The van der Waals surface area contributed by atoms with Crippen LogP contribution in [0, 0.1) is 0 Å². The summed E-state index contributed by atoms with van der Waals surface area (Å²) in [5, 5.41) is 0.531. The minimum absolute atomic E-state index is 0.531. The quantitative estimate of drug-likeness (QED) is 0.706. The van der Waals surface area contributed by atoms with E-state index in [9.17, 15) is 8.78 Å². The predicted molar refractivity (Wildman–Crippen MR) is 57.6 cm³/mol. The molecule has 1 aromatic carbocycles. The minimum Gasteiger partial charge on any atom is -0.206 e. The van der Waals surface area contributed by atoms with E-state index in [2.05, 4.69) is 0 Å². The third-order valence-corrected chi connectivity index (χ3v) is 3.66. The Morgan fingerprint density at radius 2 is 2.00 bits per heavy atom. The minimum atomic E-state index is -2.67. The van der Waals surface area contributed by atoms with E-state index in [0.717, 1.165) is 13.3 Å². The molecule has 82 valence electrons. The van der Waals surface area contributed by atoms with Gasteiger partial charge in [-0.2, -0.15) is 0 Å². The Kier molecular flexibility index (Phi) is 2.50. The van der Waals surface area contributed by atoms with Crippen LogP contribution in [0.2, 0.25) is 5.02 Å². The molecule has 1 aliphatic rings. The van der Waals surface area contributed by atoms with Gasteiger partial charge >= 0.3 is 0 Å². The van der Waals surface area contributed by atoms with Gasteiger partial charge in [0.05, 0.1) is 5.41 Å². The molecular weight excluding hydrogens is 218 g/mol. The van der Waals surface area contributed by atoms with E-state index in [-0.39, 0.29) is 0 Å². The first-order valence-electron chi connectivity index (χ1n) is 5.10. The zero-order valence-corrected chi connectivity index (χ0v) is 9.32. The molecule has 0 saturated heterocycles. The second kappa shape index (κ2) is 3.44. The third-order valence-electron chi connectivity index (χ3n) is 3.42. The topological polar surface area (TPSA) is 0 Å². The van der Waals surface area contributed by atoms with Gasteiger partial charge in [0.2, 0.25) is 0 Å². The summed E-state index contributed by atoms with van der Waals surface area (Å²) in [4.78, 5) is 0. The number of alkyl halides is 2. The highest BCUT2D eigenvalue weighted by atomic mass is 35.5. The van der Waals surface area contributed by atoms with E-state index in [1.165, 1.54) is 0 Å². The van der Waals surface area contributed by atoms with E-state index >= 15 is 0 Å². The zero-order chi connectivity index (χ0) is 11.1. The van der Waals surface area contributed by atoms with Crippen LogP contribution in [0.5, 0.6) is 0 Å². The molecule has 0 unspecified atom stereocenters. The molecule has 15 heavy (non-hydrogen) atoms. The summed E-state index contributed by atoms with van der Waals surface area (Å²) >= 11 is 5.84. The highest BCUT2D eigenvalue weighted by Crippen LogP contribution is 2.53. The van der Waals surface area contributed by atoms with Crippen molar-refractivity contribution in [3.05, 3.63) is 34.9 Å². The molecule has 0 radical (unpaired) electrons. The maximum atomic E-state index is 13.6. The molecule has 1 aromatic rings. The van der Waals surface area contributed by atoms with Gasteiger partial charge < -0.3 is 0 Å². The van der Waals surface area contributed by atoms with Crippen LogP contribution in [0.15, 0.2) is 24.3 Å². The molecule has 0 aromatic heterocycles. The van der Waals surface area contributed by atoms with Crippen molar-refractivity contribution in [1.29, 1.82) is 0 Å². The average molecular weight is 231 g/mol. The van der Waals surface area contributed by atoms with Crippen LogP contribution < -0.4 is 0 Å². The van der Waals surface area contributed by atoms with Gasteiger partial charge in [0.1, 0.15) is 0 Å². The predicted octanol–water partition coefficient (Wildman–Crippen LogP) is 4.42. The summed E-state index contributed by atoms with van der Waals surface area (Å²) in [6, 6.07) is 6.87. The lowest BCUT2D eigenvalue weighted by molar-refractivity contribution is -0.0969. The second-order valence-corrected chi connectivity index (χ2v) is 4.77. The molecule has 1 aliphatic carbocycles. The Morgan fingerprint density at radius 3 is 2.40 bits per heavy atom. The van der Waals surface area contributed by atoms with Crippen LogP contribution in [-0.4, -0.2) is 5.92 Å². The number of halogens is 3. The SMILES string of the molecule is CC(F)(F)C1(c2cccc(Cl)c2)CCC1. The van der Waals surface area contributed by atoms with Crippen molar-refractivity contribution >= 4 is 11.6 Å². The molecule has 0 amide bonds. The van der Waals surface area contributed by atoms with E-state index in [1.54, 1.807) is 24.3 Å². The third kappa shape index (κ3) is 1.65. The lowest BCUT2D eigenvalue weighted by Gasteiger charge is -2.46. The standard InChI is InChI=1S/C12H13ClF2/c1-11(14,15)12(6-3-7-12)9-4-2-5-10(13)8-9/h2,4-5,8H,3,6-7H2,1H3. The number of rotatable bonds is 2. The first kappa shape index (κ1) is 10.9. The van der Waals surface area contributed by atoms with Gasteiger partial charge in [-0.3, -0.25) is 0 Å². The first-order chi connectivity index (χ1) is 6.96. The van der Waals surface area contributed by atoms with Crippen LogP contribution in [0.25, 0.3) is 0 Å². The van der Waals surface area contributed by atoms with Crippen LogP contribution in [0.4, 0.5) is 8.78 Å². The van der Waals surface area contributed by atoms with Crippen molar-refractivity contribution in [2.75, 3.05) is 0 Å². The van der Waals surface area contributed by atoms with Gasteiger partial charge in [-0.1, -0.05) is 30.2 Å². The average Bonchev–Trinajstić information content (AvgIpc) is 1.98. The Labute approximate surface area is 93.2 Å². The molecule has 0 aliphatic heterocycles. The molecule has 2 rings (SSSR count). The fraction of sp³-hybridized carbons (Fsp3) is 0.500. The molecule has 0 heterocycles. The normalized spacial score (nSPS) is 19.7. The maximum Gasteiger partial charge on any atom is 0.254 e. The summed E-state index contributed by atoms with van der Waals surface area (Å²) in [6.07, 6.45) is 1.98. The lowest BCUT2D eigenvalue weighted by atomic mass is 9.61. The Morgan fingerprint density at radius 1 is 1.33 bits per heavy atom. The second-order valence-electron chi connectivity index (χ2n) is 4.33. The van der Waals surface area contributed by atoms with E-state index < -0.39 is 11.3 Å². The molecule has 1 saturated carbocycles. The molecule has 0 nitrogen and oxygen atoms in total. The highest BCUT2D eigenvalue weighted by Gasteiger charge is 2.54. The van der Waals surface area contributed by atoms with Crippen molar-refractivity contribution < 1.29 is 8.78 Å². The number of hydrogen-bond donors (Lipinski definition) is 0. The van der Waals surface area contributed by atoms with Gasteiger partial charge in [0, 0.05) is 11.9 Å². The Hall–Kier alpha value is -0.630. The summed E-state index contributed by atoms with van der Waals surface area (Å²) in [6.45, 7) is 1.01. The molecule has 1 fully saturated rings. The summed E-state index contributed by atoms with van der Waals surface area (Å²) < 4.78 is 27.2. The van der Waals surface area contributed by atoms with Crippen molar-refractivity contribution in [2.24, 2.45) is 0 Å². The number of hydrogen-bond acceptors (Lipinski definition) is 0. The van der Waals surface area contributed by atoms with E-state index in [1.807, 2.05) is 0 Å². The van der Waals surface area contributed by atoms with Crippen molar-refractivity contribution in [3.63, 3.8) is 0 Å². The highest BCUT2D eigenvalue weighted by molar-refractivity contribution is 6.30. The first-order valence-corrected chi connectivity index (χ1v) is 5.47. The summed E-state index contributed by atoms with van der Waals surface area (Å²) in [5.74, 6) is -2.67. The Bertz CT molecular complexity index is 364. The van der Waals surface area contributed by atoms with Crippen LogP contribution in [0.3, 0.4) is 0 Å². The molecule has 0 bridgehead atoms. The monoisotopic (exact) mass is 230 g/mol. The van der Waals surface area contributed by atoms with E-state index in [4.69, 9.17) is 11.6 Å². The van der Waals surface area contributed by atoms with Crippen molar-refractivity contribution in [1.82, 2.24) is 0 Å². The van der Waals surface area contributed by atoms with E-state index in [0.29, 0.717) is 23.4 Å². The van der Waals surface area contributed by atoms with Gasteiger partial charge in [0.15, 0.2) is 0 Å². The van der Waals surface area contributed by atoms with Gasteiger partial charge in [-0.25, -0.2) is 8.78 Å². The number of benzene rings is 1. The summed E-state index contributed by atoms with van der Waals surface area (Å²) in [5.41, 5.74) is -0.300. The van der Waals surface area contributed by atoms with Crippen molar-refractivity contribution in [3.8, 4) is 0 Å². The van der Waals surface area contributed by atoms with Gasteiger partial charge in [0.25, 0.3) is 5.92 Å². The maximum absolute atomic E-state index is 13.6. The summed E-state index contributed by atoms with van der Waals surface area (Å²) in [7, 11) is 0. The van der Waals surface area contributed by atoms with Crippen LogP contribution >= 0.6 is 11.6 Å². The molecule has 0 spiro atoms. The molecule has 0 N–H and O–H groups in total. The lowest BCUT2D eigenvalue weighted by Crippen LogP contribution is -2.48. The fourth-order valence-electron chi connectivity index (χ4n) is 2.30. The zero-order valence-electron chi connectivity index (χ0n) is 8.56. The van der Waals surface area contributed by atoms with Gasteiger partial charge in [-0.05, 0) is 30.5 Å². The largest absolute Gasteiger partial charge is 0.254 e. The molecule has 0 atom stereocenters. The Balaban J connectivity index is 2.43. The smallest absolute Gasteiger partial charge is 0.206 e. The van der Waals surface area contributed by atoms with Gasteiger partial charge in [-0.15, -0.1) is 0 Å². The van der Waals surface area contributed by atoms with Crippen LogP contribution in [0.1, 0.15) is 31.7 Å². The van der Waals surface area contributed by atoms with Crippen molar-refractivity contribution in [2.45, 2.75) is 37.5 Å². The fourth-order valence-corrected chi connectivity index (χ4v) is 2.49. The van der Waals surface area contributed by atoms with Crippen LogP contribution in [-0.2, 0) is 5.41 Å². The molecule has 3 heteroatoms. The molecular formula is C12H13ClF2.